The Morgan fingerprint density at radius 2 is 2.11 bits per heavy atom. The summed E-state index contributed by atoms with van der Waals surface area (Å²) in [6, 6.07) is 9.92. The molecule has 1 saturated heterocycles. The number of aliphatic hydroxyl groups is 1. The number of nitrogens with zero attached hydrogens (tertiary/aromatic N) is 2. The number of carbonyl (C=O) groups excluding carboxylic acids is 1. The van der Waals surface area contributed by atoms with Crippen LogP contribution in [0.2, 0.25) is 0 Å². The summed E-state index contributed by atoms with van der Waals surface area (Å²) < 4.78 is 5.11. The van der Waals surface area contributed by atoms with Gasteiger partial charge in [0.15, 0.2) is 0 Å². The zero-order valence-electron chi connectivity index (χ0n) is 14.9. The van der Waals surface area contributed by atoms with Crippen molar-refractivity contribution in [1.82, 2.24) is 20.6 Å². The summed E-state index contributed by atoms with van der Waals surface area (Å²) in [6.07, 6.45) is 1.40. The van der Waals surface area contributed by atoms with Gasteiger partial charge in [-0.3, -0.25) is 4.79 Å². The number of hydrogen-bond acceptors (Lipinski definition) is 7. The summed E-state index contributed by atoms with van der Waals surface area (Å²) in [6.45, 7) is 2.14. The normalized spacial score (nSPS) is 20.3. The molecule has 1 amide bonds. The fourth-order valence-corrected chi connectivity index (χ4v) is 3.27. The third kappa shape index (κ3) is 4.24. The standard InChI is InChI=1S/C19H23N5O3/c25-17(15-5-12-3-1-2-4-13(12)7-20-15)8-21-19(26)16-6-18(23-11-22-16)24-14-9-27-10-14/h1-4,6,11,14-15,17,20,25H,5,7-10H2,(H,21,26)(H,22,23,24). The van der Waals surface area contributed by atoms with Crippen LogP contribution < -0.4 is 16.0 Å². The lowest BCUT2D eigenvalue weighted by Gasteiger charge is -2.30. The molecule has 3 heterocycles. The van der Waals surface area contributed by atoms with Crippen molar-refractivity contribution >= 4 is 11.7 Å². The average molecular weight is 369 g/mol. The van der Waals surface area contributed by atoms with Gasteiger partial charge in [0, 0.05) is 25.2 Å². The molecule has 8 heteroatoms. The largest absolute Gasteiger partial charge is 0.390 e. The second-order valence-corrected chi connectivity index (χ2v) is 6.90. The van der Waals surface area contributed by atoms with E-state index in [1.54, 1.807) is 6.07 Å². The number of nitrogens with one attached hydrogen (secondary N) is 3. The molecule has 2 aliphatic heterocycles. The number of carbonyl (C=O) groups is 1. The maximum Gasteiger partial charge on any atom is 0.270 e. The topological polar surface area (TPSA) is 108 Å². The van der Waals surface area contributed by atoms with Crippen molar-refractivity contribution < 1.29 is 14.6 Å². The van der Waals surface area contributed by atoms with Crippen LogP contribution in [0.4, 0.5) is 5.82 Å². The van der Waals surface area contributed by atoms with Crippen molar-refractivity contribution in [1.29, 1.82) is 0 Å². The highest BCUT2D eigenvalue weighted by Crippen LogP contribution is 2.18. The highest BCUT2D eigenvalue weighted by Gasteiger charge is 2.25. The maximum absolute atomic E-state index is 12.4. The van der Waals surface area contributed by atoms with Crippen molar-refractivity contribution in [2.75, 3.05) is 25.1 Å². The molecular formula is C19H23N5O3. The first-order valence-electron chi connectivity index (χ1n) is 9.12. The van der Waals surface area contributed by atoms with Crippen molar-refractivity contribution in [2.45, 2.75) is 31.2 Å². The Morgan fingerprint density at radius 1 is 1.30 bits per heavy atom. The summed E-state index contributed by atoms with van der Waals surface area (Å²) in [4.78, 5) is 20.5. The molecule has 2 aromatic rings. The first-order valence-corrected chi connectivity index (χ1v) is 9.12. The van der Waals surface area contributed by atoms with E-state index < -0.39 is 6.10 Å². The van der Waals surface area contributed by atoms with E-state index in [1.807, 2.05) is 12.1 Å². The summed E-state index contributed by atoms with van der Waals surface area (Å²) >= 11 is 0. The monoisotopic (exact) mass is 369 g/mol. The quantitative estimate of drug-likeness (QED) is 0.572. The molecule has 0 radical (unpaired) electrons. The number of aliphatic hydroxyl groups excluding tert-OH is 1. The van der Waals surface area contributed by atoms with Crippen molar-refractivity contribution in [2.24, 2.45) is 0 Å². The summed E-state index contributed by atoms with van der Waals surface area (Å²) in [5, 5.41) is 19.7. The minimum absolute atomic E-state index is 0.0959. The Bertz CT molecular complexity index is 811. The number of benzene rings is 1. The molecule has 2 aliphatic rings. The molecule has 27 heavy (non-hydrogen) atoms. The molecule has 0 aliphatic carbocycles. The molecule has 4 rings (SSSR count). The maximum atomic E-state index is 12.4. The molecule has 2 unspecified atom stereocenters. The lowest BCUT2D eigenvalue weighted by Crippen LogP contribution is -2.49. The van der Waals surface area contributed by atoms with E-state index in [0.29, 0.717) is 19.0 Å². The Morgan fingerprint density at radius 3 is 2.89 bits per heavy atom. The lowest BCUT2D eigenvalue weighted by molar-refractivity contribution is 0.0209. The van der Waals surface area contributed by atoms with E-state index in [4.69, 9.17) is 4.74 Å². The summed E-state index contributed by atoms with van der Waals surface area (Å²) in [7, 11) is 0. The number of fused-ring (bicyclic) bond motifs is 1. The Kier molecular flexibility index (Phi) is 5.28. The van der Waals surface area contributed by atoms with E-state index in [2.05, 4.69) is 38.1 Å². The second kappa shape index (κ2) is 7.99. The minimum atomic E-state index is -0.686. The Balaban J connectivity index is 1.30. The lowest BCUT2D eigenvalue weighted by atomic mass is 9.93. The highest BCUT2D eigenvalue weighted by atomic mass is 16.5. The SMILES string of the molecule is O=C(NCC(O)C1Cc2ccccc2CN1)c1cc(NC2COC2)ncn1. The Hall–Kier alpha value is -2.55. The van der Waals surface area contributed by atoms with Crippen LogP contribution in [-0.2, 0) is 17.7 Å². The van der Waals surface area contributed by atoms with Gasteiger partial charge in [-0.15, -0.1) is 0 Å². The van der Waals surface area contributed by atoms with Gasteiger partial charge >= 0.3 is 0 Å². The zero-order valence-corrected chi connectivity index (χ0v) is 14.9. The van der Waals surface area contributed by atoms with Gasteiger partial charge in [0.1, 0.15) is 17.8 Å². The summed E-state index contributed by atoms with van der Waals surface area (Å²) in [5.41, 5.74) is 2.75. The Labute approximate surface area is 157 Å². The predicted molar refractivity (Wildman–Crippen MR) is 99.4 cm³/mol. The molecule has 1 aromatic heterocycles. The molecule has 0 spiro atoms. The van der Waals surface area contributed by atoms with E-state index in [0.717, 1.165) is 13.0 Å². The fraction of sp³-hybridized carbons (Fsp3) is 0.421. The molecule has 0 saturated carbocycles. The van der Waals surface area contributed by atoms with Gasteiger partial charge in [0.05, 0.1) is 25.4 Å². The molecule has 1 aromatic carbocycles. The van der Waals surface area contributed by atoms with E-state index in [-0.39, 0.29) is 30.2 Å². The van der Waals surface area contributed by atoms with Gasteiger partial charge < -0.3 is 25.8 Å². The third-order valence-corrected chi connectivity index (χ3v) is 4.94. The third-order valence-electron chi connectivity index (χ3n) is 4.94. The number of amides is 1. The number of hydrogen-bond donors (Lipinski definition) is 4. The van der Waals surface area contributed by atoms with Crippen LogP contribution in [0, 0.1) is 0 Å². The van der Waals surface area contributed by atoms with Crippen LogP contribution in [0.3, 0.4) is 0 Å². The highest BCUT2D eigenvalue weighted by molar-refractivity contribution is 5.92. The number of anilines is 1. The van der Waals surface area contributed by atoms with Crippen LogP contribution in [-0.4, -0.2) is 58.9 Å². The number of ether oxygens (including phenoxy) is 1. The fourth-order valence-electron chi connectivity index (χ4n) is 3.27. The molecule has 4 N–H and O–H groups in total. The van der Waals surface area contributed by atoms with Crippen LogP contribution in [0.1, 0.15) is 21.6 Å². The van der Waals surface area contributed by atoms with Crippen LogP contribution in [0.25, 0.3) is 0 Å². The average Bonchev–Trinajstić information content (AvgIpc) is 2.68. The smallest absolute Gasteiger partial charge is 0.270 e. The van der Waals surface area contributed by atoms with Crippen LogP contribution >= 0.6 is 0 Å². The molecule has 0 bridgehead atoms. The molecule has 8 nitrogen and oxygen atoms in total. The number of rotatable bonds is 6. The van der Waals surface area contributed by atoms with Crippen molar-refractivity contribution in [3.8, 4) is 0 Å². The van der Waals surface area contributed by atoms with E-state index >= 15 is 0 Å². The molecule has 2 atom stereocenters. The second-order valence-electron chi connectivity index (χ2n) is 6.90. The van der Waals surface area contributed by atoms with Crippen LogP contribution in [0.5, 0.6) is 0 Å². The summed E-state index contributed by atoms with van der Waals surface area (Å²) in [5.74, 6) is 0.259. The van der Waals surface area contributed by atoms with Gasteiger partial charge in [-0.2, -0.15) is 0 Å². The predicted octanol–water partition coefficient (Wildman–Crippen LogP) is 0.0925. The number of aromatic nitrogens is 2. The molecular weight excluding hydrogens is 346 g/mol. The van der Waals surface area contributed by atoms with Crippen LogP contribution in [0.15, 0.2) is 36.7 Å². The van der Waals surface area contributed by atoms with E-state index in [9.17, 15) is 9.90 Å². The van der Waals surface area contributed by atoms with Gasteiger partial charge in [0.25, 0.3) is 5.91 Å². The van der Waals surface area contributed by atoms with Crippen molar-refractivity contribution in [3.63, 3.8) is 0 Å². The minimum Gasteiger partial charge on any atom is -0.390 e. The van der Waals surface area contributed by atoms with E-state index in [1.165, 1.54) is 17.5 Å². The molecule has 1 fully saturated rings. The van der Waals surface area contributed by atoms with Crippen molar-refractivity contribution in [3.05, 3.63) is 53.5 Å². The van der Waals surface area contributed by atoms with Gasteiger partial charge in [-0.25, -0.2) is 9.97 Å². The molecule has 142 valence electrons. The van der Waals surface area contributed by atoms with Gasteiger partial charge in [-0.05, 0) is 17.5 Å². The zero-order chi connectivity index (χ0) is 18.6. The van der Waals surface area contributed by atoms with Gasteiger partial charge in [0.2, 0.25) is 0 Å². The van der Waals surface area contributed by atoms with Gasteiger partial charge in [-0.1, -0.05) is 24.3 Å². The first-order chi connectivity index (χ1) is 13.2. The first kappa shape index (κ1) is 17.8.